The molecule has 0 unspecified atom stereocenters. The number of amides is 1. The molecule has 0 fully saturated rings. The predicted molar refractivity (Wildman–Crippen MR) is 107 cm³/mol. The first-order valence-corrected chi connectivity index (χ1v) is 8.73. The molecule has 3 rings (SSSR count). The molecule has 1 atom stereocenters. The highest BCUT2D eigenvalue weighted by atomic mass is 16.5. The number of methoxy groups -OCH3 is 1. The molecule has 26 heavy (non-hydrogen) atoms. The number of hydrogen-bond donors (Lipinski definition) is 2. The third-order valence-corrected chi connectivity index (χ3v) is 4.45. The average molecular weight is 348 g/mol. The molecular weight excluding hydrogens is 324 g/mol. The van der Waals surface area contributed by atoms with Crippen molar-refractivity contribution < 1.29 is 9.53 Å². The Hall–Kier alpha value is -3.01. The van der Waals surface area contributed by atoms with Crippen molar-refractivity contribution in [1.29, 1.82) is 0 Å². The van der Waals surface area contributed by atoms with Crippen LogP contribution in [-0.4, -0.2) is 19.6 Å². The van der Waals surface area contributed by atoms with Gasteiger partial charge in [0, 0.05) is 0 Å². The van der Waals surface area contributed by atoms with Gasteiger partial charge in [-0.1, -0.05) is 42.5 Å². The highest BCUT2D eigenvalue weighted by Crippen LogP contribution is 2.25. The van der Waals surface area contributed by atoms with Crippen LogP contribution in [0, 0.1) is 6.92 Å². The van der Waals surface area contributed by atoms with E-state index in [0.717, 1.165) is 22.6 Å². The van der Waals surface area contributed by atoms with Crippen LogP contribution in [0.1, 0.15) is 24.1 Å². The fourth-order valence-corrected chi connectivity index (χ4v) is 2.99. The van der Waals surface area contributed by atoms with E-state index in [4.69, 9.17) is 4.74 Å². The average Bonchev–Trinajstić information content (AvgIpc) is 2.66. The number of rotatable bonds is 6. The van der Waals surface area contributed by atoms with Gasteiger partial charge in [-0.25, -0.2) is 0 Å². The number of carbonyl (C=O) groups excluding carboxylic acids is 1. The number of fused-ring (bicyclic) bond motifs is 1. The minimum Gasteiger partial charge on any atom is -0.495 e. The van der Waals surface area contributed by atoms with Gasteiger partial charge in [0.25, 0.3) is 0 Å². The summed E-state index contributed by atoms with van der Waals surface area (Å²) in [6, 6.07) is 20.3. The molecule has 0 saturated heterocycles. The fraction of sp³-hybridized carbons (Fsp3) is 0.227. The van der Waals surface area contributed by atoms with Crippen molar-refractivity contribution in [2.75, 3.05) is 19.0 Å². The van der Waals surface area contributed by atoms with Crippen LogP contribution in [0.2, 0.25) is 0 Å². The molecule has 4 heteroatoms. The maximum absolute atomic E-state index is 12.3. The van der Waals surface area contributed by atoms with E-state index >= 15 is 0 Å². The Balaban J connectivity index is 1.63. The highest BCUT2D eigenvalue weighted by Gasteiger charge is 2.11. The second-order valence-electron chi connectivity index (χ2n) is 6.45. The molecule has 0 aliphatic heterocycles. The quantitative estimate of drug-likeness (QED) is 0.692. The summed E-state index contributed by atoms with van der Waals surface area (Å²) in [5.41, 5.74) is 3.02. The molecule has 0 aliphatic rings. The smallest absolute Gasteiger partial charge is 0.239 e. The van der Waals surface area contributed by atoms with Crippen molar-refractivity contribution in [2.45, 2.75) is 19.9 Å². The molecule has 1 amide bonds. The molecule has 0 saturated carbocycles. The zero-order chi connectivity index (χ0) is 18.5. The van der Waals surface area contributed by atoms with E-state index in [9.17, 15) is 4.79 Å². The van der Waals surface area contributed by atoms with Crippen molar-refractivity contribution in [1.82, 2.24) is 5.32 Å². The van der Waals surface area contributed by atoms with Gasteiger partial charge in [-0.15, -0.1) is 0 Å². The Morgan fingerprint density at radius 1 is 1.04 bits per heavy atom. The van der Waals surface area contributed by atoms with Gasteiger partial charge in [0.2, 0.25) is 5.91 Å². The molecule has 134 valence electrons. The van der Waals surface area contributed by atoms with E-state index in [-0.39, 0.29) is 18.5 Å². The zero-order valence-corrected chi connectivity index (χ0v) is 15.4. The minimum atomic E-state index is -0.0617. The van der Waals surface area contributed by atoms with Crippen LogP contribution in [0.25, 0.3) is 10.8 Å². The van der Waals surface area contributed by atoms with Crippen molar-refractivity contribution in [3.8, 4) is 5.75 Å². The number of nitrogens with one attached hydrogen (secondary N) is 2. The summed E-state index contributed by atoms with van der Waals surface area (Å²) in [6.45, 7) is 4.19. The van der Waals surface area contributed by atoms with Crippen molar-refractivity contribution in [3.05, 3.63) is 71.8 Å². The van der Waals surface area contributed by atoms with E-state index in [1.54, 1.807) is 7.11 Å². The Labute approximate surface area is 154 Å². The van der Waals surface area contributed by atoms with Crippen molar-refractivity contribution in [3.63, 3.8) is 0 Å². The SMILES string of the molecule is COc1ccc(C)cc1NCC(=O)N[C@@H](C)c1ccc2ccccc2c1. The van der Waals surface area contributed by atoms with Crippen molar-refractivity contribution in [2.24, 2.45) is 0 Å². The van der Waals surface area contributed by atoms with E-state index in [1.807, 2.05) is 44.2 Å². The number of benzene rings is 3. The van der Waals surface area contributed by atoms with Gasteiger partial charge in [-0.05, 0) is 53.9 Å². The Kier molecular flexibility index (Phi) is 5.42. The largest absolute Gasteiger partial charge is 0.495 e. The van der Waals surface area contributed by atoms with Crippen LogP contribution in [0.4, 0.5) is 5.69 Å². The second kappa shape index (κ2) is 7.91. The molecule has 2 N–H and O–H groups in total. The number of carbonyl (C=O) groups is 1. The predicted octanol–water partition coefficient (Wildman–Crippen LogP) is 4.45. The fourth-order valence-electron chi connectivity index (χ4n) is 2.99. The Morgan fingerprint density at radius 3 is 2.58 bits per heavy atom. The number of anilines is 1. The highest BCUT2D eigenvalue weighted by molar-refractivity contribution is 5.84. The lowest BCUT2D eigenvalue weighted by molar-refractivity contribution is -0.120. The standard InChI is InChI=1S/C22H24N2O2/c1-15-8-11-21(26-3)20(12-15)23-14-22(25)24-16(2)18-10-9-17-6-4-5-7-19(17)13-18/h4-13,16,23H,14H2,1-3H3,(H,24,25)/t16-/m0/s1. The number of aryl methyl sites for hydroxylation is 1. The lowest BCUT2D eigenvalue weighted by atomic mass is 10.0. The molecule has 3 aromatic carbocycles. The maximum atomic E-state index is 12.3. The van der Waals surface area contributed by atoms with Crippen LogP contribution in [-0.2, 0) is 4.79 Å². The third kappa shape index (κ3) is 4.14. The van der Waals surface area contributed by atoms with Crippen molar-refractivity contribution >= 4 is 22.4 Å². The maximum Gasteiger partial charge on any atom is 0.239 e. The molecule has 0 heterocycles. The van der Waals surface area contributed by atoms with Gasteiger partial charge in [0.1, 0.15) is 5.75 Å². The summed E-state index contributed by atoms with van der Waals surface area (Å²) in [6.07, 6.45) is 0. The molecule has 0 radical (unpaired) electrons. The van der Waals surface area contributed by atoms with Gasteiger partial charge in [0.15, 0.2) is 0 Å². The third-order valence-electron chi connectivity index (χ3n) is 4.45. The molecule has 0 aromatic heterocycles. The summed E-state index contributed by atoms with van der Waals surface area (Å²) in [5.74, 6) is 0.667. The first kappa shape index (κ1) is 17.8. The van der Waals surface area contributed by atoms with Gasteiger partial charge >= 0.3 is 0 Å². The zero-order valence-electron chi connectivity index (χ0n) is 15.4. The number of ether oxygens (including phenoxy) is 1. The minimum absolute atomic E-state index is 0.0609. The van der Waals surface area contributed by atoms with E-state index in [1.165, 1.54) is 10.8 Å². The molecule has 4 nitrogen and oxygen atoms in total. The lowest BCUT2D eigenvalue weighted by Gasteiger charge is -2.16. The summed E-state index contributed by atoms with van der Waals surface area (Å²) in [7, 11) is 1.62. The van der Waals surface area contributed by atoms with Gasteiger partial charge in [0.05, 0.1) is 25.4 Å². The topological polar surface area (TPSA) is 50.4 Å². The molecule has 0 bridgehead atoms. The van der Waals surface area contributed by atoms with Gasteiger partial charge in [-0.2, -0.15) is 0 Å². The van der Waals surface area contributed by atoms with Crippen LogP contribution in [0.3, 0.4) is 0 Å². The summed E-state index contributed by atoms with van der Waals surface area (Å²) >= 11 is 0. The van der Waals surface area contributed by atoms with E-state index in [2.05, 4.69) is 41.0 Å². The molecular formula is C22H24N2O2. The summed E-state index contributed by atoms with van der Waals surface area (Å²) in [5, 5.41) is 8.57. The summed E-state index contributed by atoms with van der Waals surface area (Å²) in [4.78, 5) is 12.3. The lowest BCUT2D eigenvalue weighted by Crippen LogP contribution is -2.32. The first-order chi connectivity index (χ1) is 12.6. The van der Waals surface area contributed by atoms with Gasteiger partial charge < -0.3 is 15.4 Å². The number of hydrogen-bond acceptors (Lipinski definition) is 3. The monoisotopic (exact) mass is 348 g/mol. The molecule has 0 aliphatic carbocycles. The first-order valence-electron chi connectivity index (χ1n) is 8.73. The van der Waals surface area contributed by atoms with Gasteiger partial charge in [-0.3, -0.25) is 4.79 Å². The van der Waals surface area contributed by atoms with Crippen LogP contribution >= 0.6 is 0 Å². The second-order valence-corrected chi connectivity index (χ2v) is 6.45. The van der Waals surface area contributed by atoms with Crippen LogP contribution in [0.5, 0.6) is 5.75 Å². The van der Waals surface area contributed by atoms with E-state index in [0.29, 0.717) is 0 Å². The van der Waals surface area contributed by atoms with Crippen LogP contribution < -0.4 is 15.4 Å². The summed E-state index contributed by atoms with van der Waals surface area (Å²) < 4.78 is 5.33. The Morgan fingerprint density at radius 2 is 1.81 bits per heavy atom. The normalized spacial score (nSPS) is 11.8. The van der Waals surface area contributed by atoms with E-state index < -0.39 is 0 Å². The Bertz CT molecular complexity index is 921. The van der Waals surface area contributed by atoms with Crippen LogP contribution in [0.15, 0.2) is 60.7 Å². The molecule has 0 spiro atoms. The molecule has 3 aromatic rings.